The van der Waals surface area contributed by atoms with Crippen LogP contribution in [0.5, 0.6) is 0 Å². The molecule has 0 heterocycles. The molecule has 0 aromatic carbocycles. The second-order valence-corrected chi connectivity index (χ2v) is 5.55. The summed E-state index contributed by atoms with van der Waals surface area (Å²) < 4.78 is 24.3. The summed E-state index contributed by atoms with van der Waals surface area (Å²) in [5, 5.41) is 0. The zero-order chi connectivity index (χ0) is 16.8. The summed E-state index contributed by atoms with van der Waals surface area (Å²) in [5.74, 6) is -2.24. The van der Waals surface area contributed by atoms with E-state index in [1.807, 2.05) is 0 Å². The zero-order valence-electron chi connectivity index (χ0n) is 14.3. The normalized spacial score (nSPS) is 11.3. The van der Waals surface area contributed by atoms with Crippen molar-refractivity contribution in [2.24, 2.45) is 0 Å². The van der Waals surface area contributed by atoms with Crippen LogP contribution in [0.4, 0.5) is 4.39 Å². The molecule has 130 valence electrons. The van der Waals surface area contributed by atoms with Gasteiger partial charge in [-0.2, -0.15) is 0 Å². The molecule has 0 aliphatic rings. The van der Waals surface area contributed by atoms with Gasteiger partial charge in [0.1, 0.15) is 0 Å². The predicted octanol–water partition coefficient (Wildman–Crippen LogP) is 4.35. The van der Waals surface area contributed by atoms with Crippen molar-refractivity contribution in [2.75, 3.05) is 13.2 Å². The predicted molar refractivity (Wildman–Crippen MR) is 84.3 cm³/mol. The van der Waals surface area contributed by atoms with Crippen molar-refractivity contribution < 1.29 is 23.5 Å². The van der Waals surface area contributed by atoms with Gasteiger partial charge in [0.15, 0.2) is 0 Å². The highest BCUT2D eigenvalue weighted by molar-refractivity contribution is 6.03. The molecule has 0 fully saturated rings. The molecule has 0 aliphatic carbocycles. The minimum atomic E-state index is -2.67. The Kier molecular flexibility index (Phi) is 11.8. The van der Waals surface area contributed by atoms with Crippen molar-refractivity contribution in [1.82, 2.24) is 0 Å². The molecular weight excluding hydrogens is 287 g/mol. The van der Waals surface area contributed by atoms with Crippen LogP contribution in [-0.4, -0.2) is 30.8 Å². The average Bonchev–Trinajstić information content (AvgIpc) is 2.53. The van der Waals surface area contributed by atoms with E-state index in [0.29, 0.717) is 12.8 Å². The number of esters is 2. The third-order valence-electron chi connectivity index (χ3n) is 3.60. The standard InChI is InChI=1S/C17H31FO4/c1-4-7-9-11-13-21-15(19)17(18,6-3)16(20)22-14-12-10-8-5-2/h4-14H2,1-3H3. The first kappa shape index (κ1) is 20.9. The summed E-state index contributed by atoms with van der Waals surface area (Å²) in [5.41, 5.74) is -2.67. The number of alkyl halides is 1. The minimum absolute atomic E-state index is 0.147. The van der Waals surface area contributed by atoms with Crippen LogP contribution < -0.4 is 0 Å². The fourth-order valence-electron chi connectivity index (χ4n) is 1.99. The SMILES string of the molecule is CCCCCCOC(=O)C(F)(CC)C(=O)OCCCCCC. The average molecular weight is 318 g/mol. The van der Waals surface area contributed by atoms with Gasteiger partial charge in [0.2, 0.25) is 0 Å². The van der Waals surface area contributed by atoms with Crippen molar-refractivity contribution in [3.63, 3.8) is 0 Å². The lowest BCUT2D eigenvalue weighted by Gasteiger charge is -2.20. The van der Waals surface area contributed by atoms with E-state index >= 15 is 0 Å². The Morgan fingerprint density at radius 2 is 1.18 bits per heavy atom. The van der Waals surface area contributed by atoms with E-state index < -0.39 is 17.6 Å². The lowest BCUT2D eigenvalue weighted by molar-refractivity contribution is -0.175. The van der Waals surface area contributed by atoms with Crippen LogP contribution in [0.2, 0.25) is 0 Å². The number of ether oxygens (including phenoxy) is 2. The van der Waals surface area contributed by atoms with Gasteiger partial charge in [-0.25, -0.2) is 14.0 Å². The summed E-state index contributed by atoms with van der Waals surface area (Å²) in [7, 11) is 0. The van der Waals surface area contributed by atoms with E-state index in [0.717, 1.165) is 38.5 Å². The van der Waals surface area contributed by atoms with Crippen LogP contribution in [0.25, 0.3) is 0 Å². The van der Waals surface area contributed by atoms with Gasteiger partial charge in [0, 0.05) is 6.42 Å². The maximum atomic E-state index is 14.5. The molecule has 0 amide bonds. The molecule has 22 heavy (non-hydrogen) atoms. The van der Waals surface area contributed by atoms with Gasteiger partial charge >= 0.3 is 17.6 Å². The van der Waals surface area contributed by atoms with Gasteiger partial charge in [-0.05, 0) is 12.8 Å². The van der Waals surface area contributed by atoms with Gasteiger partial charge in [0.05, 0.1) is 13.2 Å². The molecule has 0 unspecified atom stereocenters. The topological polar surface area (TPSA) is 52.6 Å². The Hall–Kier alpha value is -1.13. The molecule has 0 aromatic rings. The van der Waals surface area contributed by atoms with Crippen molar-refractivity contribution in [1.29, 1.82) is 0 Å². The monoisotopic (exact) mass is 318 g/mol. The molecule has 0 radical (unpaired) electrons. The summed E-state index contributed by atoms with van der Waals surface area (Å²) in [6.45, 7) is 5.89. The van der Waals surface area contributed by atoms with E-state index in [4.69, 9.17) is 9.47 Å². The zero-order valence-corrected chi connectivity index (χ0v) is 14.3. The van der Waals surface area contributed by atoms with Crippen LogP contribution in [0.3, 0.4) is 0 Å². The molecule has 0 aromatic heterocycles. The highest BCUT2D eigenvalue weighted by Gasteiger charge is 2.48. The van der Waals surface area contributed by atoms with Gasteiger partial charge < -0.3 is 9.47 Å². The van der Waals surface area contributed by atoms with Gasteiger partial charge in [-0.1, -0.05) is 59.3 Å². The van der Waals surface area contributed by atoms with Crippen LogP contribution in [0, 0.1) is 0 Å². The minimum Gasteiger partial charge on any atom is -0.463 e. The van der Waals surface area contributed by atoms with E-state index in [2.05, 4.69) is 13.8 Å². The van der Waals surface area contributed by atoms with Crippen molar-refractivity contribution in [3.05, 3.63) is 0 Å². The molecule has 0 saturated heterocycles. The lowest BCUT2D eigenvalue weighted by Crippen LogP contribution is -2.44. The second-order valence-electron chi connectivity index (χ2n) is 5.55. The summed E-state index contributed by atoms with van der Waals surface area (Å²) in [6, 6.07) is 0. The number of halogens is 1. The smallest absolute Gasteiger partial charge is 0.355 e. The first-order valence-electron chi connectivity index (χ1n) is 8.56. The highest BCUT2D eigenvalue weighted by Crippen LogP contribution is 2.21. The Morgan fingerprint density at radius 3 is 1.50 bits per heavy atom. The van der Waals surface area contributed by atoms with Crippen LogP contribution in [0.1, 0.15) is 78.6 Å². The summed E-state index contributed by atoms with van der Waals surface area (Å²) in [4.78, 5) is 23.6. The van der Waals surface area contributed by atoms with E-state index in [1.165, 1.54) is 6.92 Å². The molecule has 0 atom stereocenters. The molecular formula is C17H31FO4. The van der Waals surface area contributed by atoms with Crippen LogP contribution in [-0.2, 0) is 19.1 Å². The highest BCUT2D eigenvalue weighted by atomic mass is 19.1. The largest absolute Gasteiger partial charge is 0.463 e. The maximum absolute atomic E-state index is 14.5. The number of hydrogen-bond acceptors (Lipinski definition) is 4. The quantitative estimate of drug-likeness (QED) is 0.288. The van der Waals surface area contributed by atoms with Crippen molar-refractivity contribution >= 4 is 11.9 Å². The molecule has 0 N–H and O–H groups in total. The third-order valence-corrected chi connectivity index (χ3v) is 3.60. The van der Waals surface area contributed by atoms with E-state index in [9.17, 15) is 14.0 Å². The Balaban J connectivity index is 4.17. The Bertz CT molecular complexity index is 292. The van der Waals surface area contributed by atoms with Crippen LogP contribution in [0.15, 0.2) is 0 Å². The fourth-order valence-corrected chi connectivity index (χ4v) is 1.99. The van der Waals surface area contributed by atoms with E-state index in [-0.39, 0.29) is 19.6 Å². The number of hydrogen-bond donors (Lipinski definition) is 0. The number of rotatable bonds is 13. The van der Waals surface area contributed by atoms with Crippen molar-refractivity contribution in [2.45, 2.75) is 84.2 Å². The van der Waals surface area contributed by atoms with Crippen molar-refractivity contribution in [3.8, 4) is 0 Å². The number of unbranched alkanes of at least 4 members (excludes halogenated alkanes) is 6. The summed E-state index contributed by atoms with van der Waals surface area (Å²) in [6.07, 6.45) is 7.19. The lowest BCUT2D eigenvalue weighted by atomic mass is 10.0. The third kappa shape index (κ3) is 7.76. The van der Waals surface area contributed by atoms with Gasteiger partial charge in [0.25, 0.3) is 0 Å². The first-order valence-corrected chi connectivity index (χ1v) is 8.56. The number of carbonyl (C=O) groups excluding carboxylic acids is 2. The molecule has 0 rings (SSSR count). The molecule has 0 aliphatic heterocycles. The fraction of sp³-hybridized carbons (Fsp3) is 0.882. The number of carbonyl (C=O) groups is 2. The first-order chi connectivity index (χ1) is 10.5. The van der Waals surface area contributed by atoms with Crippen LogP contribution >= 0.6 is 0 Å². The molecule has 0 spiro atoms. The Morgan fingerprint density at radius 1 is 0.773 bits per heavy atom. The Labute approximate surface area is 133 Å². The molecule has 5 heteroatoms. The van der Waals surface area contributed by atoms with Gasteiger partial charge in [-0.15, -0.1) is 0 Å². The maximum Gasteiger partial charge on any atom is 0.355 e. The van der Waals surface area contributed by atoms with E-state index in [1.54, 1.807) is 0 Å². The molecule has 0 bridgehead atoms. The molecule has 4 nitrogen and oxygen atoms in total. The second kappa shape index (κ2) is 12.4. The molecule has 0 saturated carbocycles. The van der Waals surface area contributed by atoms with Gasteiger partial charge in [-0.3, -0.25) is 0 Å². The summed E-state index contributed by atoms with van der Waals surface area (Å²) >= 11 is 0.